The first-order valence-corrected chi connectivity index (χ1v) is 12.9. The lowest BCUT2D eigenvalue weighted by molar-refractivity contribution is -0.386. The number of hydrogen-bond donors (Lipinski definition) is 0. The molecule has 0 saturated carbocycles. The number of para-hydroxylation sites is 1. The summed E-state index contributed by atoms with van der Waals surface area (Å²) in [5.74, 6) is 0.725. The molecule has 2 saturated heterocycles. The minimum absolute atomic E-state index is 0.00202. The molecule has 8 nitrogen and oxygen atoms in total. The molecule has 3 aliphatic heterocycles. The first-order chi connectivity index (χ1) is 16.4. The molecule has 0 aliphatic carbocycles. The molecular weight excluding hydrogens is 520 g/mol. The van der Waals surface area contributed by atoms with E-state index in [4.69, 9.17) is 4.52 Å². The fourth-order valence-corrected chi connectivity index (χ4v) is 7.96. The van der Waals surface area contributed by atoms with Gasteiger partial charge in [0.25, 0.3) is 5.91 Å². The minimum atomic E-state index is -1.12. The highest BCUT2D eigenvalue weighted by molar-refractivity contribution is 9.10. The van der Waals surface area contributed by atoms with Crippen molar-refractivity contribution in [2.75, 3.05) is 23.6 Å². The fraction of sp³-hybridized carbons (Fsp3) is 0.333. The normalized spacial score (nSPS) is 28.0. The molecular formula is C24H21BrN4O4S. The number of nitrogens with zero attached hydrogens (tertiary/aromatic N) is 4. The van der Waals surface area contributed by atoms with E-state index in [1.54, 1.807) is 30.6 Å². The molecule has 4 atom stereocenters. The molecule has 2 fully saturated rings. The number of carbonyl (C=O) groups is 1. The molecule has 3 aromatic rings. The lowest BCUT2D eigenvalue weighted by Crippen LogP contribution is -2.52. The Morgan fingerprint density at radius 2 is 2.06 bits per heavy atom. The highest BCUT2D eigenvalue weighted by Crippen LogP contribution is 2.66. The molecule has 10 heteroatoms. The average molecular weight is 541 g/mol. The predicted octanol–water partition coefficient (Wildman–Crippen LogP) is 4.78. The van der Waals surface area contributed by atoms with E-state index in [2.05, 4.69) is 26.0 Å². The zero-order valence-corrected chi connectivity index (χ0v) is 20.9. The van der Waals surface area contributed by atoms with Crippen molar-refractivity contribution in [3.63, 3.8) is 0 Å². The SMILES string of the molecule is Cc1noc([C@H]2[C@H](c3cccc(Br)c3)[C@H]3CSCN3[C@]23C(=O)N(C)c2ccccc23)c1[N+](=O)[O-]. The number of aryl methyl sites for hydroxylation is 1. The van der Waals surface area contributed by atoms with Crippen molar-refractivity contribution in [2.24, 2.45) is 0 Å². The Morgan fingerprint density at radius 3 is 2.82 bits per heavy atom. The van der Waals surface area contributed by atoms with E-state index >= 15 is 0 Å². The summed E-state index contributed by atoms with van der Waals surface area (Å²) in [5.41, 5.74) is 1.65. The highest BCUT2D eigenvalue weighted by Gasteiger charge is 2.71. The van der Waals surface area contributed by atoms with Gasteiger partial charge in [0, 0.05) is 46.4 Å². The third-order valence-corrected chi connectivity index (χ3v) is 8.99. The maximum atomic E-state index is 14.3. The maximum Gasteiger partial charge on any atom is 0.334 e. The third-order valence-electron chi connectivity index (χ3n) is 7.46. The summed E-state index contributed by atoms with van der Waals surface area (Å²) < 4.78 is 6.68. The zero-order valence-electron chi connectivity index (χ0n) is 18.5. The second kappa shape index (κ2) is 7.66. The van der Waals surface area contributed by atoms with Crippen LogP contribution in [0.1, 0.15) is 34.4 Å². The molecule has 0 radical (unpaired) electrons. The predicted molar refractivity (Wildman–Crippen MR) is 132 cm³/mol. The van der Waals surface area contributed by atoms with Crippen molar-refractivity contribution in [1.29, 1.82) is 0 Å². The van der Waals surface area contributed by atoms with Gasteiger partial charge in [0.15, 0.2) is 5.69 Å². The van der Waals surface area contributed by atoms with Crippen molar-refractivity contribution in [1.82, 2.24) is 10.1 Å². The number of amides is 1. The Kier molecular flexibility index (Phi) is 4.91. The zero-order chi connectivity index (χ0) is 23.8. The number of carbonyl (C=O) groups excluding carboxylic acids is 1. The number of thioether (sulfide) groups is 1. The quantitative estimate of drug-likeness (QED) is 0.348. The number of halogens is 1. The van der Waals surface area contributed by atoms with Gasteiger partial charge in [0.05, 0.1) is 10.8 Å². The lowest BCUT2D eigenvalue weighted by atomic mass is 9.71. The fourth-order valence-electron chi connectivity index (χ4n) is 6.22. The van der Waals surface area contributed by atoms with Crippen LogP contribution in [0, 0.1) is 17.0 Å². The van der Waals surface area contributed by atoms with Crippen molar-refractivity contribution < 1.29 is 14.2 Å². The Hall–Kier alpha value is -2.69. The Balaban J connectivity index is 1.70. The van der Waals surface area contributed by atoms with Gasteiger partial charge < -0.3 is 9.42 Å². The number of fused-ring (bicyclic) bond motifs is 4. The Labute approximate surface area is 208 Å². The third kappa shape index (κ3) is 2.70. The van der Waals surface area contributed by atoms with Crippen LogP contribution in [-0.2, 0) is 10.3 Å². The molecule has 34 heavy (non-hydrogen) atoms. The summed E-state index contributed by atoms with van der Waals surface area (Å²) >= 11 is 5.37. The van der Waals surface area contributed by atoms with E-state index < -0.39 is 16.4 Å². The summed E-state index contributed by atoms with van der Waals surface area (Å²) in [6.45, 7) is 1.58. The van der Waals surface area contributed by atoms with E-state index in [0.717, 1.165) is 27.0 Å². The number of nitro groups is 1. The summed E-state index contributed by atoms with van der Waals surface area (Å²) in [6.07, 6.45) is 0. The molecule has 0 unspecified atom stereocenters. The van der Waals surface area contributed by atoms with Crippen LogP contribution in [0.15, 0.2) is 57.5 Å². The summed E-state index contributed by atoms with van der Waals surface area (Å²) in [5, 5.41) is 16.2. The summed E-state index contributed by atoms with van der Waals surface area (Å²) in [7, 11) is 1.78. The number of anilines is 1. The van der Waals surface area contributed by atoms with E-state index in [9.17, 15) is 14.9 Å². The minimum Gasteiger partial charge on any atom is -0.353 e. The van der Waals surface area contributed by atoms with Gasteiger partial charge in [-0.2, -0.15) is 0 Å². The number of rotatable bonds is 3. The average Bonchev–Trinajstić information content (AvgIpc) is 3.54. The van der Waals surface area contributed by atoms with Gasteiger partial charge in [0.2, 0.25) is 5.76 Å². The van der Waals surface area contributed by atoms with E-state index in [1.807, 2.05) is 48.5 Å². The van der Waals surface area contributed by atoms with Gasteiger partial charge in [0.1, 0.15) is 5.54 Å². The summed E-state index contributed by atoms with van der Waals surface area (Å²) in [6, 6.07) is 15.7. The van der Waals surface area contributed by atoms with Gasteiger partial charge in [-0.15, -0.1) is 11.8 Å². The Bertz CT molecular complexity index is 1350. The standard InChI is InChI=1S/C24H21BrN4O4S/c1-13-21(29(31)32)22(33-26-13)20-19(14-6-5-7-15(25)10-14)18-11-34-12-28(18)24(20)16-8-3-4-9-17(16)27(2)23(24)30/h3-10,18-20H,11-12H2,1-2H3/t18-,19-,20-,24+/m1/s1. The lowest BCUT2D eigenvalue weighted by Gasteiger charge is -2.36. The highest BCUT2D eigenvalue weighted by atomic mass is 79.9. The topological polar surface area (TPSA) is 92.7 Å². The Morgan fingerprint density at radius 1 is 1.26 bits per heavy atom. The first kappa shape index (κ1) is 21.8. The van der Waals surface area contributed by atoms with Crippen LogP contribution < -0.4 is 4.90 Å². The number of likely N-dealkylation sites (N-methyl/N-ethyl adjacent to an activating group) is 1. The number of aromatic nitrogens is 1. The molecule has 0 bridgehead atoms. The maximum absolute atomic E-state index is 14.3. The van der Waals surface area contributed by atoms with Gasteiger partial charge in [-0.05, 0) is 30.7 Å². The van der Waals surface area contributed by atoms with Crippen LogP contribution in [0.3, 0.4) is 0 Å². The van der Waals surface area contributed by atoms with Crippen molar-refractivity contribution in [3.05, 3.63) is 85.7 Å². The van der Waals surface area contributed by atoms with Gasteiger partial charge in [-0.3, -0.25) is 19.8 Å². The van der Waals surface area contributed by atoms with Crippen LogP contribution in [0.4, 0.5) is 11.4 Å². The van der Waals surface area contributed by atoms with Gasteiger partial charge in [-0.1, -0.05) is 51.4 Å². The van der Waals surface area contributed by atoms with Crippen LogP contribution in [0.2, 0.25) is 0 Å². The molecule has 2 aromatic carbocycles. The monoisotopic (exact) mass is 540 g/mol. The van der Waals surface area contributed by atoms with Gasteiger partial charge in [-0.25, -0.2) is 0 Å². The number of benzene rings is 2. The molecule has 1 spiro atoms. The van der Waals surface area contributed by atoms with Crippen LogP contribution >= 0.6 is 27.7 Å². The molecule has 3 aliphatic rings. The van der Waals surface area contributed by atoms with Crippen LogP contribution in [-0.4, -0.2) is 45.6 Å². The second-order valence-corrected chi connectivity index (χ2v) is 10.9. The molecule has 6 rings (SSSR count). The van der Waals surface area contributed by atoms with E-state index in [1.165, 1.54) is 0 Å². The molecule has 174 valence electrons. The summed E-state index contributed by atoms with van der Waals surface area (Å²) in [4.78, 5) is 30.0. The number of hydrogen-bond acceptors (Lipinski definition) is 7. The van der Waals surface area contributed by atoms with Crippen molar-refractivity contribution >= 4 is 45.0 Å². The molecule has 1 aromatic heterocycles. The molecule has 1 amide bonds. The second-order valence-electron chi connectivity index (χ2n) is 8.98. The first-order valence-electron chi connectivity index (χ1n) is 11.0. The molecule has 0 N–H and O–H groups in total. The van der Waals surface area contributed by atoms with Crippen LogP contribution in [0.25, 0.3) is 0 Å². The van der Waals surface area contributed by atoms with E-state index in [0.29, 0.717) is 5.88 Å². The van der Waals surface area contributed by atoms with Crippen LogP contribution in [0.5, 0.6) is 0 Å². The molecule has 4 heterocycles. The largest absolute Gasteiger partial charge is 0.353 e. The van der Waals surface area contributed by atoms with Crippen molar-refractivity contribution in [2.45, 2.75) is 30.3 Å². The smallest absolute Gasteiger partial charge is 0.334 e. The van der Waals surface area contributed by atoms with Gasteiger partial charge >= 0.3 is 5.69 Å². The van der Waals surface area contributed by atoms with Crippen molar-refractivity contribution in [3.8, 4) is 0 Å². The van der Waals surface area contributed by atoms with E-state index in [-0.39, 0.29) is 35.0 Å².